The van der Waals surface area contributed by atoms with Crippen LogP contribution in [-0.4, -0.2) is 62.0 Å². The number of hydrogen-bond acceptors (Lipinski definition) is 7. The molecule has 7 nitrogen and oxygen atoms in total. The third-order valence-electron chi connectivity index (χ3n) is 6.30. The van der Waals surface area contributed by atoms with Crippen LogP contribution >= 0.6 is 0 Å². The van der Waals surface area contributed by atoms with Crippen LogP contribution in [0.2, 0.25) is 18.1 Å². The molecule has 0 heterocycles. The Morgan fingerprint density at radius 3 is 1.00 bits per heavy atom. The SMILES string of the molecule is CCCCCC[Si](CCCCCC)(CCCCCC)O[Si](OC)(OC)O[Si](OC)(OC)OC. The van der Waals surface area contributed by atoms with E-state index in [4.69, 9.17) is 30.4 Å². The molecule has 0 spiro atoms. The lowest BCUT2D eigenvalue weighted by Gasteiger charge is -2.40. The van der Waals surface area contributed by atoms with E-state index < -0.39 is 26.4 Å². The highest BCUT2D eigenvalue weighted by Crippen LogP contribution is 2.35. The lowest BCUT2D eigenvalue weighted by atomic mass is 10.2. The van der Waals surface area contributed by atoms with Crippen molar-refractivity contribution in [2.75, 3.05) is 35.5 Å². The summed E-state index contributed by atoms with van der Waals surface area (Å²) < 4.78 is 41.7. The highest BCUT2D eigenvalue weighted by molar-refractivity contribution is 6.82. The van der Waals surface area contributed by atoms with Gasteiger partial charge in [0.1, 0.15) is 0 Å². The van der Waals surface area contributed by atoms with E-state index in [9.17, 15) is 0 Å². The van der Waals surface area contributed by atoms with Gasteiger partial charge in [-0.15, -0.1) is 0 Å². The largest absolute Gasteiger partial charge is 0.673 e. The summed E-state index contributed by atoms with van der Waals surface area (Å²) in [7, 11) is -1.41. The first-order valence-electron chi connectivity index (χ1n) is 13.1. The highest BCUT2D eigenvalue weighted by atomic mass is 28.5. The van der Waals surface area contributed by atoms with Gasteiger partial charge in [0.25, 0.3) is 0 Å². The Morgan fingerprint density at radius 2 is 0.727 bits per heavy atom. The van der Waals surface area contributed by atoms with Crippen molar-refractivity contribution in [3.05, 3.63) is 0 Å². The van der Waals surface area contributed by atoms with E-state index in [0.29, 0.717) is 0 Å². The minimum Gasteiger partial charge on any atom is -0.394 e. The normalized spacial score (nSPS) is 13.1. The van der Waals surface area contributed by atoms with Crippen molar-refractivity contribution in [2.24, 2.45) is 0 Å². The van der Waals surface area contributed by atoms with Crippen molar-refractivity contribution in [1.29, 1.82) is 0 Å². The molecule has 200 valence electrons. The van der Waals surface area contributed by atoms with Crippen LogP contribution in [0.15, 0.2) is 0 Å². The van der Waals surface area contributed by atoms with Gasteiger partial charge in [-0.1, -0.05) is 97.8 Å². The van der Waals surface area contributed by atoms with Crippen LogP contribution in [0.4, 0.5) is 0 Å². The number of rotatable bonds is 24. The molecule has 0 amide bonds. The average molecular weight is 527 g/mol. The molecule has 0 atom stereocenters. The third-order valence-corrected chi connectivity index (χ3v) is 17.3. The van der Waals surface area contributed by atoms with Crippen LogP contribution in [0.25, 0.3) is 0 Å². The van der Waals surface area contributed by atoms with Crippen LogP contribution in [0.5, 0.6) is 0 Å². The molecular formula is C23H54O7Si3. The minimum absolute atomic E-state index is 1.11. The smallest absolute Gasteiger partial charge is 0.394 e. The number of hydrogen-bond donors (Lipinski definition) is 0. The second kappa shape index (κ2) is 19.5. The first-order valence-corrected chi connectivity index (χ1v) is 18.9. The Balaban J connectivity index is 5.90. The molecule has 0 rings (SSSR count). The molecule has 33 heavy (non-hydrogen) atoms. The second-order valence-corrected chi connectivity index (χ2v) is 18.4. The van der Waals surface area contributed by atoms with Gasteiger partial charge in [0.15, 0.2) is 8.32 Å². The second-order valence-electron chi connectivity index (χ2n) is 8.84. The van der Waals surface area contributed by atoms with Crippen molar-refractivity contribution >= 4 is 26.4 Å². The summed E-state index contributed by atoms with van der Waals surface area (Å²) in [4.78, 5) is 0. The predicted molar refractivity (Wildman–Crippen MR) is 141 cm³/mol. The molecule has 0 aromatic rings. The summed E-state index contributed by atoms with van der Waals surface area (Å²) in [5.74, 6) is 0. The van der Waals surface area contributed by atoms with Gasteiger partial charge in [0.2, 0.25) is 0 Å². The zero-order valence-corrected chi connectivity index (χ0v) is 26.0. The predicted octanol–water partition coefficient (Wildman–Crippen LogP) is 6.81. The zero-order valence-electron chi connectivity index (χ0n) is 23.0. The van der Waals surface area contributed by atoms with Gasteiger partial charge in [-0.2, -0.15) is 0 Å². The molecule has 0 aliphatic heterocycles. The van der Waals surface area contributed by atoms with Crippen molar-refractivity contribution in [1.82, 2.24) is 0 Å². The summed E-state index contributed by atoms with van der Waals surface area (Å²) in [5.41, 5.74) is 0. The Bertz CT molecular complexity index is 410. The van der Waals surface area contributed by atoms with E-state index in [1.165, 1.54) is 98.4 Å². The Labute approximate surface area is 208 Å². The summed E-state index contributed by atoms with van der Waals surface area (Å²) in [6.07, 6.45) is 14.7. The molecule has 0 bridgehead atoms. The molecule has 0 radical (unpaired) electrons. The Morgan fingerprint density at radius 1 is 0.394 bits per heavy atom. The molecule has 0 saturated heterocycles. The monoisotopic (exact) mass is 526 g/mol. The quantitative estimate of drug-likeness (QED) is 0.101. The van der Waals surface area contributed by atoms with E-state index in [1.54, 1.807) is 14.2 Å². The number of unbranched alkanes of at least 4 members (excludes halogenated alkanes) is 9. The molecular weight excluding hydrogens is 473 g/mol. The molecule has 0 aromatic carbocycles. The van der Waals surface area contributed by atoms with E-state index in [0.717, 1.165) is 18.1 Å². The highest BCUT2D eigenvalue weighted by Gasteiger charge is 2.60. The van der Waals surface area contributed by atoms with Gasteiger partial charge >= 0.3 is 18.1 Å². The fourth-order valence-corrected chi connectivity index (χ4v) is 15.8. The fraction of sp³-hybridized carbons (Fsp3) is 1.00. The van der Waals surface area contributed by atoms with Crippen molar-refractivity contribution < 1.29 is 30.4 Å². The molecule has 0 aromatic heterocycles. The topological polar surface area (TPSA) is 64.6 Å². The van der Waals surface area contributed by atoms with Crippen molar-refractivity contribution in [2.45, 2.75) is 116 Å². The maximum absolute atomic E-state index is 7.03. The van der Waals surface area contributed by atoms with Crippen molar-refractivity contribution in [3.8, 4) is 0 Å². The first-order chi connectivity index (χ1) is 15.9. The third kappa shape index (κ3) is 12.8. The first kappa shape index (κ1) is 33.4. The van der Waals surface area contributed by atoms with E-state index in [1.807, 2.05) is 0 Å². The molecule has 0 aliphatic rings. The van der Waals surface area contributed by atoms with Gasteiger partial charge in [-0.05, 0) is 18.1 Å². The maximum Gasteiger partial charge on any atom is 0.673 e. The van der Waals surface area contributed by atoms with E-state index in [-0.39, 0.29) is 0 Å². The minimum atomic E-state index is -3.53. The summed E-state index contributed by atoms with van der Waals surface area (Å²) in [6.45, 7) is 6.76. The van der Waals surface area contributed by atoms with Crippen LogP contribution in [-0.2, 0) is 30.4 Å². The van der Waals surface area contributed by atoms with Gasteiger partial charge in [0, 0.05) is 35.5 Å². The summed E-state index contributed by atoms with van der Waals surface area (Å²) in [6, 6.07) is 3.33. The van der Waals surface area contributed by atoms with Crippen LogP contribution in [0.1, 0.15) is 97.8 Å². The maximum atomic E-state index is 7.03. The van der Waals surface area contributed by atoms with Crippen molar-refractivity contribution in [3.63, 3.8) is 0 Å². The average Bonchev–Trinajstić information content (AvgIpc) is 2.85. The molecule has 0 N–H and O–H groups in total. The molecule has 0 aliphatic carbocycles. The summed E-state index contributed by atoms with van der Waals surface area (Å²) >= 11 is 0. The van der Waals surface area contributed by atoms with E-state index >= 15 is 0 Å². The summed E-state index contributed by atoms with van der Waals surface area (Å²) in [5, 5.41) is 0. The zero-order chi connectivity index (χ0) is 25.1. The van der Waals surface area contributed by atoms with Crippen LogP contribution < -0.4 is 0 Å². The lowest BCUT2D eigenvalue weighted by Crippen LogP contribution is -2.64. The van der Waals surface area contributed by atoms with Gasteiger partial charge in [-0.25, -0.2) is 0 Å². The van der Waals surface area contributed by atoms with E-state index in [2.05, 4.69) is 20.8 Å². The Hall–Kier alpha value is 0.371. The molecule has 0 fully saturated rings. The fourth-order valence-electron chi connectivity index (χ4n) is 4.21. The Kier molecular flexibility index (Phi) is 19.8. The van der Waals surface area contributed by atoms with Gasteiger partial charge in [-0.3, -0.25) is 0 Å². The van der Waals surface area contributed by atoms with Crippen LogP contribution in [0, 0.1) is 0 Å². The van der Waals surface area contributed by atoms with Gasteiger partial charge in [0.05, 0.1) is 0 Å². The standard InChI is InChI=1S/C23H54O7Si3/c1-9-12-15-18-21-31(22-19-16-13-10-2,23-20-17-14-11-3)29-33(27-7,28-8)30-32(24-4,25-5)26-6/h9-23H2,1-8H3. The molecule has 10 heteroatoms. The molecule has 0 saturated carbocycles. The van der Waals surface area contributed by atoms with Crippen LogP contribution in [0.3, 0.4) is 0 Å². The lowest BCUT2D eigenvalue weighted by molar-refractivity contribution is -0.0140. The molecule has 0 unspecified atom stereocenters. The van der Waals surface area contributed by atoms with Gasteiger partial charge < -0.3 is 30.4 Å².